The molecule has 0 bridgehead atoms. The molecule has 3 rings (SSSR count). The summed E-state index contributed by atoms with van der Waals surface area (Å²) in [7, 11) is 0. The van der Waals surface area contributed by atoms with Gasteiger partial charge in [-0.05, 0) is 13.3 Å². The number of Topliss-reactive ketones (excluding diaryl/α,β-unsaturated/α-hetero) is 1. The van der Waals surface area contributed by atoms with Crippen LogP contribution in [0.25, 0.3) is 0 Å². The Bertz CT molecular complexity index is 627. The van der Waals surface area contributed by atoms with Gasteiger partial charge in [-0.3, -0.25) is 19.7 Å². The summed E-state index contributed by atoms with van der Waals surface area (Å²) >= 11 is 1.17. The van der Waals surface area contributed by atoms with Gasteiger partial charge < -0.3 is 9.80 Å². The van der Waals surface area contributed by atoms with Crippen LogP contribution < -0.4 is 4.90 Å². The van der Waals surface area contributed by atoms with E-state index in [1.807, 2.05) is 9.80 Å². The van der Waals surface area contributed by atoms with Crippen molar-refractivity contribution in [2.75, 3.05) is 24.5 Å². The Morgan fingerprint density at radius 3 is 2.90 bits per heavy atom. The molecular weight excluding hydrogens is 294 g/mol. The van der Waals surface area contributed by atoms with Crippen LogP contribution >= 0.6 is 11.3 Å². The van der Waals surface area contributed by atoms with Crippen molar-refractivity contribution in [3.63, 3.8) is 0 Å². The van der Waals surface area contributed by atoms with Crippen LogP contribution in [-0.4, -0.2) is 47.2 Å². The number of carbonyl (C=O) groups excluding carboxylic acids is 2. The predicted molar refractivity (Wildman–Crippen MR) is 77.9 cm³/mol. The van der Waals surface area contributed by atoms with Crippen molar-refractivity contribution in [2.45, 2.75) is 25.8 Å². The monoisotopic (exact) mass is 309 g/mol. The zero-order valence-electron chi connectivity index (χ0n) is 11.6. The van der Waals surface area contributed by atoms with Gasteiger partial charge in [0.05, 0.1) is 9.80 Å². The van der Waals surface area contributed by atoms with E-state index in [0.29, 0.717) is 35.9 Å². The molecule has 1 atom stereocenters. The second-order valence-corrected chi connectivity index (χ2v) is 6.37. The van der Waals surface area contributed by atoms with Crippen LogP contribution in [0.5, 0.6) is 0 Å². The molecule has 3 heterocycles. The summed E-state index contributed by atoms with van der Waals surface area (Å²) in [5.41, 5.74) is -0.0111. The smallest absolute Gasteiger partial charge is 0.304 e. The van der Waals surface area contributed by atoms with E-state index in [-0.39, 0.29) is 23.4 Å². The van der Waals surface area contributed by atoms with E-state index in [2.05, 4.69) is 0 Å². The Labute approximate surface area is 125 Å². The maximum absolute atomic E-state index is 11.7. The second kappa shape index (κ2) is 5.10. The summed E-state index contributed by atoms with van der Waals surface area (Å²) in [6, 6.07) is 1.49. The van der Waals surface area contributed by atoms with Crippen molar-refractivity contribution >= 4 is 33.7 Å². The number of carbonyl (C=O) groups is 2. The summed E-state index contributed by atoms with van der Waals surface area (Å²) in [6.07, 6.45) is 1.36. The minimum Gasteiger partial charge on any atom is -0.354 e. The third kappa shape index (κ3) is 2.39. The van der Waals surface area contributed by atoms with Gasteiger partial charge in [-0.2, -0.15) is 0 Å². The van der Waals surface area contributed by atoms with Gasteiger partial charge in [-0.25, -0.2) is 0 Å². The number of hydrogen-bond donors (Lipinski definition) is 0. The summed E-state index contributed by atoms with van der Waals surface area (Å²) in [5, 5.41) is 11.7. The molecule has 1 amide bonds. The first-order chi connectivity index (χ1) is 9.97. The van der Waals surface area contributed by atoms with E-state index in [0.717, 1.165) is 6.42 Å². The molecule has 2 aliphatic heterocycles. The lowest BCUT2D eigenvalue weighted by Gasteiger charge is -2.37. The van der Waals surface area contributed by atoms with Crippen LogP contribution in [0.1, 0.15) is 29.4 Å². The van der Waals surface area contributed by atoms with Gasteiger partial charge in [0.25, 0.3) is 0 Å². The highest BCUT2D eigenvalue weighted by Gasteiger charge is 2.37. The minimum atomic E-state index is -0.440. The van der Waals surface area contributed by atoms with Crippen LogP contribution in [0.3, 0.4) is 0 Å². The molecule has 7 nitrogen and oxygen atoms in total. The van der Waals surface area contributed by atoms with Gasteiger partial charge in [0.15, 0.2) is 10.8 Å². The Morgan fingerprint density at radius 1 is 1.48 bits per heavy atom. The molecule has 21 heavy (non-hydrogen) atoms. The minimum absolute atomic E-state index is 0.0111. The van der Waals surface area contributed by atoms with E-state index >= 15 is 0 Å². The topological polar surface area (TPSA) is 83.8 Å². The quantitative estimate of drug-likeness (QED) is 0.482. The zero-order chi connectivity index (χ0) is 15.1. The fourth-order valence-corrected chi connectivity index (χ4v) is 4.01. The molecule has 112 valence electrons. The highest BCUT2D eigenvalue weighted by Crippen LogP contribution is 2.39. The first kappa shape index (κ1) is 14.0. The van der Waals surface area contributed by atoms with E-state index in [1.54, 1.807) is 0 Å². The number of rotatable bonds is 3. The molecule has 0 aromatic carbocycles. The number of fused-ring (bicyclic) bond motifs is 1. The van der Waals surface area contributed by atoms with Crippen LogP contribution in [0.2, 0.25) is 0 Å². The first-order valence-corrected chi connectivity index (χ1v) is 7.62. The third-order valence-electron chi connectivity index (χ3n) is 4.02. The van der Waals surface area contributed by atoms with Gasteiger partial charge >= 0.3 is 5.69 Å². The number of ketones is 1. The van der Waals surface area contributed by atoms with E-state index in [1.165, 1.54) is 24.3 Å². The Morgan fingerprint density at radius 2 is 2.24 bits per heavy atom. The van der Waals surface area contributed by atoms with Gasteiger partial charge in [-0.1, -0.05) is 0 Å². The number of hydrogen-bond acceptors (Lipinski definition) is 6. The van der Waals surface area contributed by atoms with E-state index < -0.39 is 4.92 Å². The highest BCUT2D eigenvalue weighted by molar-refractivity contribution is 7.18. The molecular formula is C13H15N3O4S. The lowest BCUT2D eigenvalue weighted by molar-refractivity contribution is -0.383. The SMILES string of the molecule is CC(=O)c1cc([N+](=O)[O-])c(N2CCN3C(=O)CCC3C2)s1. The first-order valence-electron chi connectivity index (χ1n) is 6.81. The number of thiophene rings is 1. The molecule has 2 fully saturated rings. The van der Waals surface area contributed by atoms with Crippen molar-refractivity contribution < 1.29 is 14.5 Å². The maximum Gasteiger partial charge on any atom is 0.304 e. The number of amides is 1. The zero-order valence-corrected chi connectivity index (χ0v) is 12.4. The van der Waals surface area contributed by atoms with Crippen molar-refractivity contribution in [1.29, 1.82) is 0 Å². The summed E-state index contributed by atoms with van der Waals surface area (Å²) < 4.78 is 0. The molecule has 2 aliphatic rings. The molecule has 1 unspecified atom stereocenters. The number of nitrogens with zero attached hydrogens (tertiary/aromatic N) is 3. The van der Waals surface area contributed by atoms with E-state index in [4.69, 9.17) is 0 Å². The second-order valence-electron chi connectivity index (χ2n) is 5.34. The van der Waals surface area contributed by atoms with Gasteiger partial charge in [0.1, 0.15) is 0 Å². The van der Waals surface area contributed by atoms with Crippen molar-refractivity contribution in [3.05, 3.63) is 21.1 Å². The molecule has 0 N–H and O–H groups in total. The molecule has 8 heteroatoms. The molecule has 1 aromatic heterocycles. The fourth-order valence-electron chi connectivity index (χ4n) is 2.95. The summed E-state index contributed by atoms with van der Waals surface area (Å²) in [5.74, 6) is 0.00813. The lowest BCUT2D eigenvalue weighted by Crippen LogP contribution is -2.51. The average Bonchev–Trinajstić information content (AvgIpc) is 3.03. The third-order valence-corrected chi connectivity index (χ3v) is 5.30. The molecule has 0 radical (unpaired) electrons. The van der Waals surface area contributed by atoms with Crippen molar-refractivity contribution in [1.82, 2.24) is 4.90 Å². The number of anilines is 1. The molecule has 0 spiro atoms. The van der Waals surface area contributed by atoms with Gasteiger partial charge in [-0.15, -0.1) is 11.3 Å². The van der Waals surface area contributed by atoms with Crippen molar-refractivity contribution in [3.8, 4) is 0 Å². The van der Waals surface area contributed by atoms with Gasteiger partial charge in [0.2, 0.25) is 5.91 Å². The molecule has 2 saturated heterocycles. The summed E-state index contributed by atoms with van der Waals surface area (Å²) in [6.45, 7) is 3.17. The molecule has 0 aliphatic carbocycles. The van der Waals surface area contributed by atoms with Gasteiger partial charge in [0, 0.05) is 38.2 Å². The molecule has 0 saturated carbocycles. The Balaban J connectivity index is 1.88. The van der Waals surface area contributed by atoms with Crippen LogP contribution in [-0.2, 0) is 4.79 Å². The number of piperazine rings is 1. The van der Waals surface area contributed by atoms with Crippen molar-refractivity contribution in [2.24, 2.45) is 0 Å². The Kier molecular flexibility index (Phi) is 3.40. The van der Waals surface area contributed by atoms with Crippen LogP contribution in [0, 0.1) is 10.1 Å². The van der Waals surface area contributed by atoms with E-state index in [9.17, 15) is 19.7 Å². The maximum atomic E-state index is 11.7. The predicted octanol–water partition coefficient (Wildman–Crippen LogP) is 1.67. The van der Waals surface area contributed by atoms with Crippen LogP contribution in [0.4, 0.5) is 10.7 Å². The standard InChI is InChI=1S/C13H15N3O4S/c1-8(17)11-6-10(16(19)20)13(21-11)14-4-5-15-9(7-14)2-3-12(15)18/h6,9H,2-5,7H2,1H3. The average molecular weight is 309 g/mol. The fraction of sp³-hybridized carbons (Fsp3) is 0.538. The largest absolute Gasteiger partial charge is 0.354 e. The van der Waals surface area contributed by atoms with Crippen LogP contribution in [0.15, 0.2) is 6.07 Å². The normalized spacial score (nSPS) is 21.6. The summed E-state index contributed by atoms with van der Waals surface area (Å²) in [4.78, 5) is 38.1. The highest BCUT2D eigenvalue weighted by atomic mass is 32.1. The molecule has 1 aromatic rings. The lowest BCUT2D eigenvalue weighted by atomic mass is 10.1. The Hall–Kier alpha value is -1.96. The number of nitro groups is 1.